The Morgan fingerprint density at radius 2 is 2.14 bits per heavy atom. The third-order valence-corrected chi connectivity index (χ3v) is 4.45. The van der Waals surface area contributed by atoms with Gasteiger partial charge < -0.3 is 15.3 Å². The Hall–Kier alpha value is -1.72. The molecule has 2 heterocycles. The van der Waals surface area contributed by atoms with Gasteiger partial charge in [-0.25, -0.2) is 4.39 Å². The predicted octanol–water partition coefficient (Wildman–Crippen LogP) is 2.49. The number of aliphatic hydroxyl groups is 1. The van der Waals surface area contributed by atoms with E-state index in [2.05, 4.69) is 10.5 Å². The van der Waals surface area contributed by atoms with Crippen molar-refractivity contribution in [3.8, 4) is 0 Å². The van der Waals surface area contributed by atoms with Gasteiger partial charge in [-0.05, 0) is 42.5 Å². The maximum Gasteiger partial charge on any atom is 0.123 e. The van der Waals surface area contributed by atoms with E-state index in [0.717, 1.165) is 35.3 Å². The molecule has 0 spiro atoms. The molecule has 1 saturated heterocycles. The summed E-state index contributed by atoms with van der Waals surface area (Å²) in [5.74, 6) is -0.246. The van der Waals surface area contributed by atoms with Crippen molar-refractivity contribution in [3.05, 3.63) is 41.2 Å². The second-order valence-corrected chi connectivity index (χ2v) is 5.82. The molecule has 2 N–H and O–H groups in total. The summed E-state index contributed by atoms with van der Waals surface area (Å²) < 4.78 is 13.2. The average molecular weight is 304 g/mol. The van der Waals surface area contributed by atoms with Crippen molar-refractivity contribution in [1.29, 1.82) is 0 Å². The second-order valence-electron chi connectivity index (χ2n) is 5.82. The van der Waals surface area contributed by atoms with Crippen LogP contribution < -0.4 is 5.32 Å². The van der Waals surface area contributed by atoms with Crippen LogP contribution in [0.1, 0.15) is 31.7 Å². The minimum Gasteiger partial charge on any atom is -0.399 e. The largest absolute Gasteiger partial charge is 0.399 e. The van der Waals surface area contributed by atoms with Crippen molar-refractivity contribution in [2.24, 2.45) is 5.16 Å². The molecule has 1 aromatic carbocycles. The number of hydrogen-bond acceptors (Lipinski definition) is 4. The van der Waals surface area contributed by atoms with Crippen LogP contribution in [0.25, 0.3) is 5.57 Å². The molecule has 3 atom stereocenters. The molecule has 22 heavy (non-hydrogen) atoms. The molecule has 4 nitrogen and oxygen atoms in total. The average Bonchev–Trinajstić information content (AvgIpc) is 2.81. The first-order chi connectivity index (χ1) is 10.6. The first-order valence-electron chi connectivity index (χ1n) is 7.67. The van der Waals surface area contributed by atoms with Crippen molar-refractivity contribution in [3.63, 3.8) is 0 Å². The molecule has 0 amide bonds. The number of halogens is 1. The van der Waals surface area contributed by atoms with Gasteiger partial charge in [0.2, 0.25) is 0 Å². The number of hydrogen-bond donors (Lipinski definition) is 2. The summed E-state index contributed by atoms with van der Waals surface area (Å²) in [5, 5.41) is 17.9. The molecule has 2 unspecified atom stereocenters. The van der Waals surface area contributed by atoms with Crippen LogP contribution in [-0.2, 0) is 4.84 Å². The molecule has 2 aliphatic heterocycles. The first-order valence-corrected chi connectivity index (χ1v) is 7.67. The molecular formula is C17H21FN2O2. The lowest BCUT2D eigenvalue weighted by Crippen LogP contribution is -2.41. The van der Waals surface area contributed by atoms with Gasteiger partial charge >= 0.3 is 0 Å². The highest BCUT2D eigenvalue weighted by atomic mass is 19.1. The van der Waals surface area contributed by atoms with Crippen LogP contribution in [0, 0.1) is 5.82 Å². The summed E-state index contributed by atoms with van der Waals surface area (Å²) in [6.45, 7) is 2.01. The van der Waals surface area contributed by atoms with Gasteiger partial charge in [0.05, 0.1) is 17.9 Å². The van der Waals surface area contributed by atoms with Gasteiger partial charge in [-0.1, -0.05) is 24.2 Å². The number of oxime groups is 1. The summed E-state index contributed by atoms with van der Waals surface area (Å²) >= 11 is 0. The van der Waals surface area contributed by atoms with E-state index in [0.29, 0.717) is 6.42 Å². The van der Waals surface area contributed by atoms with Crippen LogP contribution in [0.5, 0.6) is 0 Å². The van der Waals surface area contributed by atoms with Crippen LogP contribution in [0.4, 0.5) is 4.39 Å². The topological polar surface area (TPSA) is 53.9 Å². The van der Waals surface area contributed by atoms with Gasteiger partial charge in [0.1, 0.15) is 12.9 Å². The smallest absolute Gasteiger partial charge is 0.123 e. The number of nitrogens with one attached hydrogen (secondary N) is 1. The zero-order chi connectivity index (χ0) is 15.7. The van der Waals surface area contributed by atoms with E-state index < -0.39 is 6.10 Å². The van der Waals surface area contributed by atoms with Gasteiger partial charge in [0.15, 0.2) is 0 Å². The van der Waals surface area contributed by atoms with Crippen LogP contribution in [0.3, 0.4) is 0 Å². The molecule has 2 aliphatic rings. The Bertz CT molecular complexity index is 610. The molecule has 1 aromatic rings. The Labute approximate surface area is 129 Å². The zero-order valence-electron chi connectivity index (χ0n) is 12.8. The molecule has 2 bridgehead atoms. The van der Waals surface area contributed by atoms with E-state index >= 15 is 0 Å². The number of benzene rings is 1. The Morgan fingerprint density at radius 3 is 2.77 bits per heavy atom. The molecule has 1 fully saturated rings. The molecule has 0 aliphatic carbocycles. The summed E-state index contributed by atoms with van der Waals surface area (Å²) in [7, 11) is 1.53. The molecule has 3 rings (SSSR count). The fourth-order valence-electron chi connectivity index (χ4n) is 3.52. The van der Waals surface area contributed by atoms with E-state index in [9.17, 15) is 9.50 Å². The molecule has 0 aromatic heterocycles. The third-order valence-electron chi connectivity index (χ3n) is 4.45. The Morgan fingerprint density at radius 1 is 1.41 bits per heavy atom. The maximum atomic E-state index is 13.2. The number of fused-ring (bicyclic) bond motifs is 2. The van der Waals surface area contributed by atoms with E-state index in [4.69, 9.17) is 4.84 Å². The standard InChI is InChI=1S/C17H21FN2O2/c1-3-14(20-22-2)16-13(10-4-6-11(18)7-5-10)8-12-9-15(21)17(16)19-12/h4-7,12,15,17,19,21H,3,8-9H2,1-2H3/t12?,15?,17-/m0/s1. The van der Waals surface area contributed by atoms with Gasteiger partial charge in [0, 0.05) is 11.6 Å². The molecule has 118 valence electrons. The quantitative estimate of drug-likeness (QED) is 0.664. The predicted molar refractivity (Wildman–Crippen MR) is 84.0 cm³/mol. The van der Waals surface area contributed by atoms with Gasteiger partial charge in [-0.2, -0.15) is 0 Å². The maximum absolute atomic E-state index is 13.2. The summed E-state index contributed by atoms with van der Waals surface area (Å²) in [6, 6.07) is 6.65. The SMILES string of the molecule is CCC(=NOC)C1=C(c2ccc(F)cc2)CC2CC(O)[C@@H]1N2. The number of nitrogens with zero attached hydrogens (tertiary/aromatic N) is 1. The van der Waals surface area contributed by atoms with Gasteiger partial charge in [0.25, 0.3) is 0 Å². The van der Waals surface area contributed by atoms with E-state index in [-0.39, 0.29) is 17.9 Å². The fraction of sp³-hybridized carbons (Fsp3) is 0.471. The van der Waals surface area contributed by atoms with Crippen molar-refractivity contribution >= 4 is 11.3 Å². The first kappa shape index (κ1) is 15.2. The van der Waals surface area contributed by atoms with Crippen LogP contribution >= 0.6 is 0 Å². The highest BCUT2D eigenvalue weighted by Crippen LogP contribution is 2.38. The summed E-state index contributed by atoms with van der Waals surface area (Å²) in [4.78, 5) is 4.98. The molecule has 0 radical (unpaired) electrons. The molecule has 5 heteroatoms. The van der Waals surface area contributed by atoms with Crippen LogP contribution in [0.15, 0.2) is 35.0 Å². The summed E-state index contributed by atoms with van der Waals surface area (Å²) in [5.41, 5.74) is 3.94. The lowest BCUT2D eigenvalue weighted by molar-refractivity contribution is 0.172. The number of rotatable bonds is 4. The normalized spacial score (nSPS) is 28.2. The highest BCUT2D eigenvalue weighted by molar-refractivity contribution is 6.07. The monoisotopic (exact) mass is 304 g/mol. The molecular weight excluding hydrogens is 283 g/mol. The lowest BCUT2D eigenvalue weighted by atomic mass is 9.86. The van der Waals surface area contributed by atoms with E-state index in [1.807, 2.05) is 6.92 Å². The Kier molecular flexibility index (Phi) is 4.27. The van der Waals surface area contributed by atoms with Crippen molar-refractivity contribution < 1.29 is 14.3 Å². The van der Waals surface area contributed by atoms with Gasteiger partial charge in [-0.3, -0.25) is 0 Å². The number of aliphatic hydroxyl groups excluding tert-OH is 1. The zero-order valence-corrected chi connectivity index (χ0v) is 12.8. The summed E-state index contributed by atoms with van der Waals surface area (Å²) in [6.07, 6.45) is 1.82. The minimum absolute atomic E-state index is 0.132. The fourth-order valence-corrected chi connectivity index (χ4v) is 3.52. The lowest BCUT2D eigenvalue weighted by Gasteiger charge is -2.29. The Balaban J connectivity index is 2.12. The van der Waals surface area contributed by atoms with Crippen molar-refractivity contribution in [2.75, 3.05) is 7.11 Å². The van der Waals surface area contributed by atoms with E-state index in [1.54, 1.807) is 12.1 Å². The van der Waals surface area contributed by atoms with E-state index in [1.165, 1.54) is 19.2 Å². The van der Waals surface area contributed by atoms with Crippen LogP contribution in [0.2, 0.25) is 0 Å². The van der Waals surface area contributed by atoms with Crippen molar-refractivity contribution in [1.82, 2.24) is 5.32 Å². The van der Waals surface area contributed by atoms with Crippen molar-refractivity contribution in [2.45, 2.75) is 44.4 Å². The third kappa shape index (κ3) is 2.66. The van der Waals surface area contributed by atoms with Crippen LogP contribution in [-0.4, -0.2) is 36.1 Å². The highest BCUT2D eigenvalue weighted by Gasteiger charge is 2.42. The second kappa shape index (κ2) is 6.18. The molecule has 0 saturated carbocycles. The van der Waals surface area contributed by atoms with Gasteiger partial charge in [-0.15, -0.1) is 0 Å². The minimum atomic E-state index is -0.424.